The minimum Gasteiger partial charge on any atom is -0.465 e. The van der Waals surface area contributed by atoms with Crippen LogP contribution in [0.1, 0.15) is 28.8 Å². The van der Waals surface area contributed by atoms with Gasteiger partial charge >= 0.3 is 12.1 Å². The average Bonchev–Trinajstić information content (AvgIpc) is 2.27. The van der Waals surface area contributed by atoms with Crippen LogP contribution in [0.15, 0.2) is 24.3 Å². The number of ether oxygens (including phenoxy) is 1. The summed E-state index contributed by atoms with van der Waals surface area (Å²) < 4.78 is 40.3. The van der Waals surface area contributed by atoms with Crippen molar-refractivity contribution >= 4 is 5.97 Å². The van der Waals surface area contributed by atoms with Gasteiger partial charge in [0.2, 0.25) is 0 Å². The highest BCUT2D eigenvalue weighted by molar-refractivity contribution is 5.89. The van der Waals surface area contributed by atoms with Gasteiger partial charge in [-0.2, -0.15) is 13.2 Å². The molecule has 0 N–H and O–H groups in total. The van der Waals surface area contributed by atoms with E-state index in [4.69, 9.17) is 0 Å². The van der Waals surface area contributed by atoms with Gasteiger partial charge in [0.25, 0.3) is 0 Å². The smallest absolute Gasteiger partial charge is 0.389 e. The minimum absolute atomic E-state index is 0.0566. The number of hydrogen-bond donors (Lipinski definition) is 0. The molecule has 0 aliphatic carbocycles. The van der Waals surface area contributed by atoms with Crippen LogP contribution in [0.25, 0.3) is 0 Å². The Hall–Kier alpha value is -1.52. The number of rotatable bonds is 4. The Balaban J connectivity index is 2.49. The number of carbonyl (C=O) groups excluding carboxylic acids is 1. The quantitative estimate of drug-likeness (QED) is 0.761. The number of carbonyl (C=O) groups is 1. The van der Waals surface area contributed by atoms with Crippen molar-refractivity contribution in [1.29, 1.82) is 0 Å². The second-order valence-electron chi connectivity index (χ2n) is 3.66. The summed E-state index contributed by atoms with van der Waals surface area (Å²) in [6.45, 7) is 0. The van der Waals surface area contributed by atoms with E-state index in [1.807, 2.05) is 0 Å². The number of hydrogen-bond acceptors (Lipinski definition) is 2. The first-order valence-corrected chi connectivity index (χ1v) is 5.16. The highest BCUT2D eigenvalue weighted by Crippen LogP contribution is 2.22. The first-order chi connectivity index (χ1) is 7.92. The molecule has 0 fully saturated rings. The Morgan fingerprint density at radius 2 is 1.82 bits per heavy atom. The molecule has 5 heteroatoms. The first kappa shape index (κ1) is 13.5. The molecule has 1 aromatic rings. The summed E-state index contributed by atoms with van der Waals surface area (Å²) >= 11 is 0. The van der Waals surface area contributed by atoms with Crippen molar-refractivity contribution in [2.45, 2.75) is 25.4 Å². The third kappa shape index (κ3) is 4.89. The van der Waals surface area contributed by atoms with Crippen LogP contribution >= 0.6 is 0 Å². The monoisotopic (exact) mass is 246 g/mol. The molecular formula is C12H13F3O2. The summed E-state index contributed by atoms with van der Waals surface area (Å²) in [5, 5.41) is 0. The van der Waals surface area contributed by atoms with E-state index < -0.39 is 18.6 Å². The van der Waals surface area contributed by atoms with Crippen molar-refractivity contribution in [3.8, 4) is 0 Å². The summed E-state index contributed by atoms with van der Waals surface area (Å²) in [6.07, 6.45) is -4.49. The average molecular weight is 246 g/mol. The second kappa shape index (κ2) is 5.70. The molecule has 0 heterocycles. The number of halogens is 3. The SMILES string of the molecule is COC(=O)c1ccc(CCCC(F)(F)F)cc1. The lowest BCUT2D eigenvalue weighted by atomic mass is 10.1. The highest BCUT2D eigenvalue weighted by Gasteiger charge is 2.25. The Bertz CT molecular complexity index is 368. The number of alkyl halides is 3. The molecule has 2 nitrogen and oxygen atoms in total. The summed E-state index contributed by atoms with van der Waals surface area (Å²) in [5.41, 5.74) is 1.17. The van der Waals surface area contributed by atoms with Crippen molar-refractivity contribution in [1.82, 2.24) is 0 Å². The number of aryl methyl sites for hydroxylation is 1. The molecule has 0 aliphatic heterocycles. The maximum atomic E-state index is 11.9. The zero-order chi connectivity index (χ0) is 12.9. The van der Waals surface area contributed by atoms with E-state index in [1.165, 1.54) is 7.11 Å². The van der Waals surface area contributed by atoms with E-state index >= 15 is 0 Å². The van der Waals surface area contributed by atoms with E-state index in [2.05, 4.69) is 4.74 Å². The predicted molar refractivity (Wildman–Crippen MR) is 56.8 cm³/mol. The molecule has 0 spiro atoms. The maximum absolute atomic E-state index is 11.9. The van der Waals surface area contributed by atoms with E-state index in [1.54, 1.807) is 24.3 Å². The minimum atomic E-state index is -4.11. The fourth-order valence-electron chi connectivity index (χ4n) is 1.42. The molecule has 0 unspecified atom stereocenters. The molecule has 1 rings (SSSR count). The zero-order valence-electron chi connectivity index (χ0n) is 9.38. The third-order valence-electron chi connectivity index (χ3n) is 2.30. The maximum Gasteiger partial charge on any atom is 0.389 e. The van der Waals surface area contributed by atoms with Crippen LogP contribution < -0.4 is 0 Å². The molecule has 0 amide bonds. The lowest BCUT2D eigenvalue weighted by Crippen LogP contribution is -2.07. The third-order valence-corrected chi connectivity index (χ3v) is 2.30. The summed E-state index contributed by atoms with van der Waals surface area (Å²) in [6, 6.07) is 6.38. The topological polar surface area (TPSA) is 26.3 Å². The van der Waals surface area contributed by atoms with Gasteiger partial charge in [-0.3, -0.25) is 0 Å². The molecule has 0 atom stereocenters. The summed E-state index contributed by atoms with van der Waals surface area (Å²) in [5.74, 6) is -0.452. The van der Waals surface area contributed by atoms with E-state index in [-0.39, 0.29) is 6.42 Å². The highest BCUT2D eigenvalue weighted by atomic mass is 19.4. The van der Waals surface area contributed by atoms with Gasteiger partial charge in [-0.1, -0.05) is 12.1 Å². The zero-order valence-corrected chi connectivity index (χ0v) is 9.38. The molecule has 0 radical (unpaired) electrons. The molecule has 17 heavy (non-hydrogen) atoms. The molecule has 0 aliphatic rings. The van der Waals surface area contributed by atoms with Gasteiger partial charge in [0, 0.05) is 6.42 Å². The van der Waals surface area contributed by atoms with Crippen molar-refractivity contribution in [3.05, 3.63) is 35.4 Å². The molecule has 1 aromatic carbocycles. The normalized spacial score (nSPS) is 11.3. The van der Waals surface area contributed by atoms with Crippen molar-refractivity contribution in [3.63, 3.8) is 0 Å². The summed E-state index contributed by atoms with van der Waals surface area (Å²) in [4.78, 5) is 11.1. The van der Waals surface area contributed by atoms with Gasteiger partial charge in [-0.25, -0.2) is 4.79 Å². The van der Waals surface area contributed by atoms with E-state index in [0.29, 0.717) is 12.0 Å². The molecule has 0 saturated heterocycles. The van der Waals surface area contributed by atoms with Crippen LogP contribution in [0.5, 0.6) is 0 Å². The Labute approximate surface area is 97.4 Å². The second-order valence-corrected chi connectivity index (χ2v) is 3.66. The van der Waals surface area contributed by atoms with E-state index in [9.17, 15) is 18.0 Å². The van der Waals surface area contributed by atoms with Crippen LogP contribution in [-0.2, 0) is 11.2 Å². The van der Waals surface area contributed by atoms with Crippen LogP contribution in [0.2, 0.25) is 0 Å². The molecule has 0 aromatic heterocycles. The molecular weight excluding hydrogens is 233 g/mol. The first-order valence-electron chi connectivity index (χ1n) is 5.16. The van der Waals surface area contributed by atoms with Crippen molar-refractivity contribution in [2.24, 2.45) is 0 Å². The van der Waals surface area contributed by atoms with Crippen LogP contribution in [0.3, 0.4) is 0 Å². The van der Waals surface area contributed by atoms with Crippen LogP contribution in [-0.4, -0.2) is 19.3 Å². The molecule has 94 valence electrons. The number of esters is 1. The standard InChI is InChI=1S/C12H13F3O2/c1-17-11(16)10-6-4-9(5-7-10)3-2-8-12(13,14)15/h4-7H,2-3,8H2,1H3. The van der Waals surface area contributed by atoms with Crippen molar-refractivity contribution in [2.75, 3.05) is 7.11 Å². The number of benzene rings is 1. The number of methoxy groups -OCH3 is 1. The van der Waals surface area contributed by atoms with Gasteiger partial charge < -0.3 is 4.74 Å². The fraction of sp³-hybridized carbons (Fsp3) is 0.417. The lowest BCUT2D eigenvalue weighted by Gasteiger charge is -2.06. The van der Waals surface area contributed by atoms with Gasteiger partial charge in [0.05, 0.1) is 12.7 Å². The van der Waals surface area contributed by atoms with Crippen LogP contribution in [0, 0.1) is 0 Å². The van der Waals surface area contributed by atoms with Gasteiger partial charge in [0.15, 0.2) is 0 Å². The Kier molecular flexibility index (Phi) is 4.54. The van der Waals surface area contributed by atoms with Gasteiger partial charge in [-0.15, -0.1) is 0 Å². The predicted octanol–water partition coefficient (Wildman–Crippen LogP) is 3.36. The molecule has 0 saturated carbocycles. The van der Waals surface area contributed by atoms with Gasteiger partial charge in [0.1, 0.15) is 0 Å². The van der Waals surface area contributed by atoms with Gasteiger partial charge in [-0.05, 0) is 30.5 Å². The summed E-state index contributed by atoms with van der Waals surface area (Å²) in [7, 11) is 1.28. The van der Waals surface area contributed by atoms with Crippen LogP contribution in [0.4, 0.5) is 13.2 Å². The van der Waals surface area contributed by atoms with E-state index in [0.717, 1.165) is 5.56 Å². The Morgan fingerprint density at radius 3 is 2.29 bits per heavy atom. The molecule has 0 bridgehead atoms. The largest absolute Gasteiger partial charge is 0.465 e. The Morgan fingerprint density at radius 1 is 1.24 bits per heavy atom. The van der Waals surface area contributed by atoms with Crippen molar-refractivity contribution < 1.29 is 22.7 Å². The lowest BCUT2D eigenvalue weighted by molar-refractivity contribution is -0.135. The fourth-order valence-corrected chi connectivity index (χ4v) is 1.42.